The topological polar surface area (TPSA) is 114 Å². The number of rotatable bonds is 7. The number of benzene rings is 1. The molecule has 1 aromatic rings. The average Bonchev–Trinajstić information content (AvgIpc) is 3.22. The molecule has 1 aromatic carbocycles. The van der Waals surface area contributed by atoms with Gasteiger partial charge in [-0.1, -0.05) is 6.07 Å². The highest BCUT2D eigenvalue weighted by Gasteiger charge is 2.23. The van der Waals surface area contributed by atoms with Crippen molar-refractivity contribution in [2.45, 2.75) is 25.4 Å². The van der Waals surface area contributed by atoms with Crippen molar-refractivity contribution in [2.24, 2.45) is 5.84 Å². The van der Waals surface area contributed by atoms with E-state index in [0.29, 0.717) is 12.6 Å². The van der Waals surface area contributed by atoms with Gasteiger partial charge in [0.2, 0.25) is 5.91 Å². The lowest BCUT2D eigenvalue weighted by molar-refractivity contribution is -0.384. The van der Waals surface area contributed by atoms with Gasteiger partial charge in [-0.2, -0.15) is 0 Å². The van der Waals surface area contributed by atoms with Crippen LogP contribution >= 0.6 is 0 Å². The zero-order valence-corrected chi connectivity index (χ0v) is 11.8. The lowest BCUT2D eigenvalue weighted by Crippen LogP contribution is -2.35. The van der Waals surface area contributed by atoms with Gasteiger partial charge in [0.1, 0.15) is 5.69 Å². The summed E-state index contributed by atoms with van der Waals surface area (Å²) in [5.41, 5.74) is 3.24. The maximum absolute atomic E-state index is 11.7. The molecule has 8 nitrogen and oxygen atoms in total. The molecule has 0 atom stereocenters. The van der Waals surface area contributed by atoms with Crippen LogP contribution in [-0.2, 0) is 11.3 Å². The van der Waals surface area contributed by atoms with E-state index in [1.54, 1.807) is 19.2 Å². The summed E-state index contributed by atoms with van der Waals surface area (Å²) in [6.45, 7) is 0.713. The Labute approximate surface area is 122 Å². The van der Waals surface area contributed by atoms with E-state index < -0.39 is 4.92 Å². The van der Waals surface area contributed by atoms with Crippen molar-refractivity contribution >= 4 is 17.3 Å². The second-order valence-electron chi connectivity index (χ2n) is 5.27. The number of nitrogens with one attached hydrogen (secondary N) is 2. The molecule has 0 radical (unpaired) electrons. The van der Waals surface area contributed by atoms with Crippen molar-refractivity contribution in [2.75, 3.05) is 19.0 Å². The fourth-order valence-corrected chi connectivity index (χ4v) is 2.06. The monoisotopic (exact) mass is 293 g/mol. The van der Waals surface area contributed by atoms with Crippen molar-refractivity contribution in [3.63, 3.8) is 0 Å². The number of nitrogens with two attached hydrogens (primary N) is 1. The summed E-state index contributed by atoms with van der Waals surface area (Å²) >= 11 is 0. The van der Waals surface area contributed by atoms with Gasteiger partial charge in [-0.3, -0.25) is 25.7 Å². The summed E-state index contributed by atoms with van der Waals surface area (Å²) in [4.78, 5) is 24.0. The molecular weight excluding hydrogens is 274 g/mol. The highest BCUT2D eigenvalue weighted by atomic mass is 16.6. The third-order valence-corrected chi connectivity index (χ3v) is 3.22. The van der Waals surface area contributed by atoms with E-state index >= 15 is 0 Å². The van der Waals surface area contributed by atoms with Crippen molar-refractivity contribution in [3.8, 4) is 0 Å². The molecule has 0 aliphatic heterocycles. The van der Waals surface area contributed by atoms with Crippen LogP contribution < -0.4 is 16.6 Å². The SMILES string of the molecule is CN(CC(=O)NC1CC1)Cc1ccc(NN)c([N+](=O)[O-])c1. The molecule has 1 amide bonds. The average molecular weight is 293 g/mol. The molecule has 4 N–H and O–H groups in total. The quantitative estimate of drug-likeness (QED) is 0.385. The van der Waals surface area contributed by atoms with Crippen LogP contribution in [0.15, 0.2) is 18.2 Å². The summed E-state index contributed by atoms with van der Waals surface area (Å²) in [6.07, 6.45) is 2.10. The molecule has 21 heavy (non-hydrogen) atoms. The Morgan fingerprint density at radius 1 is 1.52 bits per heavy atom. The third-order valence-electron chi connectivity index (χ3n) is 3.22. The predicted octanol–water partition coefficient (Wildman–Crippen LogP) is 0.591. The van der Waals surface area contributed by atoms with Crippen LogP contribution in [0, 0.1) is 10.1 Å². The van der Waals surface area contributed by atoms with Gasteiger partial charge in [0.25, 0.3) is 5.69 Å². The normalized spacial score (nSPS) is 14.0. The van der Waals surface area contributed by atoms with Gasteiger partial charge in [0.15, 0.2) is 0 Å². The Kier molecular flexibility index (Phi) is 4.71. The first-order valence-corrected chi connectivity index (χ1v) is 6.71. The fourth-order valence-electron chi connectivity index (χ4n) is 2.06. The predicted molar refractivity (Wildman–Crippen MR) is 78.4 cm³/mol. The lowest BCUT2D eigenvalue weighted by Gasteiger charge is -2.16. The van der Waals surface area contributed by atoms with Crippen LogP contribution in [0.3, 0.4) is 0 Å². The van der Waals surface area contributed by atoms with Crippen LogP contribution in [0.2, 0.25) is 0 Å². The van der Waals surface area contributed by atoms with E-state index in [2.05, 4.69) is 10.7 Å². The molecule has 1 saturated carbocycles. The van der Waals surface area contributed by atoms with E-state index in [0.717, 1.165) is 18.4 Å². The Hall–Kier alpha value is -2.19. The standard InChI is InChI=1S/C13H19N5O3/c1-17(8-13(19)15-10-3-4-10)7-9-2-5-11(16-14)12(6-9)18(20)21/h2,5-6,10,16H,3-4,7-8,14H2,1H3,(H,15,19). The number of anilines is 1. The molecule has 0 saturated heterocycles. The summed E-state index contributed by atoms with van der Waals surface area (Å²) in [6, 6.07) is 5.11. The summed E-state index contributed by atoms with van der Waals surface area (Å²) in [5.74, 6) is 5.22. The number of nitro benzene ring substituents is 1. The first kappa shape index (κ1) is 15.2. The molecule has 114 valence electrons. The number of nitrogen functional groups attached to an aromatic ring is 1. The smallest absolute Gasteiger partial charge is 0.293 e. The Morgan fingerprint density at radius 3 is 2.81 bits per heavy atom. The third kappa shape index (κ3) is 4.40. The van der Waals surface area contributed by atoms with Crippen LogP contribution in [0.5, 0.6) is 0 Å². The largest absolute Gasteiger partial charge is 0.352 e. The molecular formula is C13H19N5O3. The minimum absolute atomic E-state index is 0.0188. The van der Waals surface area contributed by atoms with Gasteiger partial charge in [-0.25, -0.2) is 0 Å². The van der Waals surface area contributed by atoms with Gasteiger partial charge < -0.3 is 10.7 Å². The molecule has 2 rings (SSSR count). The second-order valence-corrected chi connectivity index (χ2v) is 5.27. The van der Waals surface area contributed by atoms with E-state index in [9.17, 15) is 14.9 Å². The molecule has 0 aromatic heterocycles. The first-order chi connectivity index (χ1) is 9.99. The van der Waals surface area contributed by atoms with E-state index in [4.69, 9.17) is 5.84 Å². The molecule has 0 unspecified atom stereocenters. The van der Waals surface area contributed by atoms with E-state index in [-0.39, 0.29) is 23.8 Å². The fraction of sp³-hybridized carbons (Fsp3) is 0.462. The molecule has 0 bridgehead atoms. The number of likely N-dealkylation sites (N-methyl/N-ethyl adjacent to an activating group) is 1. The molecule has 1 aliphatic rings. The molecule has 0 spiro atoms. The van der Waals surface area contributed by atoms with E-state index in [1.807, 2.05) is 4.90 Å². The number of amides is 1. The van der Waals surface area contributed by atoms with Crippen molar-refractivity contribution in [3.05, 3.63) is 33.9 Å². The van der Waals surface area contributed by atoms with Crippen LogP contribution in [0.1, 0.15) is 18.4 Å². The van der Waals surface area contributed by atoms with Crippen molar-refractivity contribution in [1.29, 1.82) is 0 Å². The van der Waals surface area contributed by atoms with Crippen LogP contribution in [0.4, 0.5) is 11.4 Å². The Balaban J connectivity index is 1.96. The molecule has 0 heterocycles. The first-order valence-electron chi connectivity index (χ1n) is 6.71. The maximum atomic E-state index is 11.7. The summed E-state index contributed by atoms with van der Waals surface area (Å²) in [7, 11) is 1.80. The lowest BCUT2D eigenvalue weighted by atomic mass is 10.1. The van der Waals surface area contributed by atoms with Gasteiger partial charge in [0, 0.05) is 18.7 Å². The second kappa shape index (κ2) is 6.51. The van der Waals surface area contributed by atoms with Gasteiger partial charge in [-0.15, -0.1) is 0 Å². The zero-order chi connectivity index (χ0) is 15.4. The highest BCUT2D eigenvalue weighted by Crippen LogP contribution is 2.25. The Bertz CT molecular complexity index is 545. The number of nitro groups is 1. The maximum Gasteiger partial charge on any atom is 0.293 e. The molecule has 1 fully saturated rings. The van der Waals surface area contributed by atoms with E-state index in [1.165, 1.54) is 6.07 Å². The number of carbonyl (C=O) groups is 1. The van der Waals surface area contributed by atoms with Gasteiger partial charge >= 0.3 is 0 Å². The Morgan fingerprint density at radius 2 is 2.24 bits per heavy atom. The minimum atomic E-state index is -0.488. The minimum Gasteiger partial charge on any atom is -0.352 e. The van der Waals surface area contributed by atoms with Crippen molar-refractivity contribution < 1.29 is 9.72 Å². The zero-order valence-electron chi connectivity index (χ0n) is 11.8. The number of nitrogens with zero attached hydrogens (tertiary/aromatic N) is 2. The number of hydrazine groups is 1. The number of hydrogen-bond donors (Lipinski definition) is 3. The van der Waals surface area contributed by atoms with Crippen LogP contribution in [0.25, 0.3) is 0 Å². The number of carbonyl (C=O) groups excluding carboxylic acids is 1. The molecule has 8 heteroatoms. The highest BCUT2D eigenvalue weighted by molar-refractivity contribution is 5.78. The summed E-state index contributed by atoms with van der Waals surface area (Å²) < 4.78 is 0. The number of hydrogen-bond acceptors (Lipinski definition) is 6. The van der Waals surface area contributed by atoms with Gasteiger partial charge in [0.05, 0.1) is 11.5 Å². The molecule has 1 aliphatic carbocycles. The van der Waals surface area contributed by atoms with Crippen molar-refractivity contribution in [1.82, 2.24) is 10.2 Å². The summed E-state index contributed by atoms with van der Waals surface area (Å²) in [5, 5.41) is 13.9. The van der Waals surface area contributed by atoms with Gasteiger partial charge in [-0.05, 0) is 31.5 Å². The van der Waals surface area contributed by atoms with Crippen LogP contribution in [-0.4, -0.2) is 35.4 Å².